The Labute approximate surface area is 715 Å². The van der Waals surface area contributed by atoms with Gasteiger partial charge < -0.3 is 9.31 Å². The smallest absolute Gasteiger partial charge is 0.399 e. The maximum absolute atomic E-state index is 6.95. The summed E-state index contributed by atoms with van der Waals surface area (Å²) in [5, 5.41) is 0.202. The van der Waals surface area contributed by atoms with Crippen molar-refractivity contribution < 1.29 is 9.31 Å². The molecule has 16 aromatic carbocycles. The molecule has 3 heterocycles. The van der Waals surface area contributed by atoms with Crippen molar-refractivity contribution in [3.05, 3.63) is 495 Å². The predicted molar refractivity (Wildman–Crippen MR) is 490 cm³/mol. The third kappa shape index (κ3) is 10.4. The maximum atomic E-state index is 6.95. The van der Waals surface area contributed by atoms with Crippen LogP contribution < -0.4 is 5.46 Å². The van der Waals surface area contributed by atoms with Gasteiger partial charge in [0.2, 0.25) is 5.28 Å². The Morgan fingerprint density at radius 3 is 0.721 bits per heavy atom. The van der Waals surface area contributed by atoms with Crippen molar-refractivity contribution in [2.45, 2.75) is 60.6 Å². The highest BCUT2D eigenvalue weighted by atomic mass is 35.5. The highest BCUT2D eigenvalue weighted by molar-refractivity contribution is 6.63. The molecule has 7 aliphatic rings. The molecule has 4 spiro atoms. The zero-order valence-electron chi connectivity index (χ0n) is 67.6. The van der Waals surface area contributed by atoms with Crippen LogP contribution in [0, 0.1) is 0 Å². The van der Waals surface area contributed by atoms with E-state index in [2.05, 4.69) is 346 Å². The monoisotopic (exact) mass is 1580 g/mol. The van der Waals surface area contributed by atoms with E-state index in [-0.39, 0.29) is 5.28 Å². The fourth-order valence-electron chi connectivity index (χ4n) is 21.7. The summed E-state index contributed by atoms with van der Waals surface area (Å²) in [5.41, 5.74) is 33.5. The molecule has 8 nitrogen and oxygen atoms in total. The summed E-state index contributed by atoms with van der Waals surface area (Å²) in [7, 11) is -0.527. The minimum absolute atomic E-state index is 0.202. The van der Waals surface area contributed by atoms with Crippen LogP contribution in [-0.4, -0.2) is 48.2 Å². The van der Waals surface area contributed by atoms with E-state index in [1.807, 2.05) is 97.1 Å². The number of benzene rings is 16. The van der Waals surface area contributed by atoms with Crippen LogP contribution in [0.1, 0.15) is 117 Å². The van der Waals surface area contributed by atoms with Crippen LogP contribution >= 0.6 is 11.6 Å². The van der Waals surface area contributed by atoms with Gasteiger partial charge in [-0.15, -0.1) is 0 Å². The second-order valence-electron chi connectivity index (χ2n) is 33.6. The lowest BCUT2D eigenvalue weighted by Gasteiger charge is -2.49. The van der Waals surface area contributed by atoms with Crippen LogP contribution in [0.2, 0.25) is 5.28 Å². The van der Waals surface area contributed by atoms with E-state index < -0.39 is 40.0 Å². The van der Waals surface area contributed by atoms with E-state index in [0.29, 0.717) is 29.1 Å². The molecule has 0 radical (unpaired) electrons. The van der Waals surface area contributed by atoms with Gasteiger partial charge in [0.15, 0.2) is 29.1 Å². The topological polar surface area (TPSA) is 95.8 Å². The van der Waals surface area contributed by atoms with Gasteiger partial charge >= 0.3 is 7.12 Å². The van der Waals surface area contributed by atoms with Crippen molar-refractivity contribution in [2.24, 2.45) is 0 Å². The van der Waals surface area contributed by atoms with Crippen LogP contribution in [0.3, 0.4) is 0 Å². The first-order valence-electron chi connectivity index (χ1n) is 41.9. The molecule has 578 valence electrons. The Morgan fingerprint density at radius 1 is 0.197 bits per heavy atom. The van der Waals surface area contributed by atoms with Crippen molar-refractivity contribution in [3.8, 4) is 101 Å². The van der Waals surface area contributed by atoms with Crippen LogP contribution in [0.4, 0.5) is 0 Å². The van der Waals surface area contributed by atoms with Gasteiger partial charge in [-0.2, -0.15) is 9.97 Å². The summed E-state index contributed by atoms with van der Waals surface area (Å²) >= 11 is 5.99. The number of hydrogen-bond donors (Lipinski definition) is 0. The number of rotatable bonds is 6. The normalized spacial score (nSPS) is 15.6. The predicted octanol–water partition coefficient (Wildman–Crippen LogP) is 24.8. The summed E-state index contributed by atoms with van der Waals surface area (Å²) in [4.78, 5) is 28.8. The number of nitrogens with zero attached hydrogens (tertiary/aromatic N) is 6. The number of fused-ring (bicyclic) bond motifs is 32. The first-order valence-corrected chi connectivity index (χ1v) is 42.3. The first kappa shape index (κ1) is 73.0. The van der Waals surface area contributed by atoms with Gasteiger partial charge in [-0.1, -0.05) is 400 Å². The maximum Gasteiger partial charge on any atom is 0.495 e. The largest absolute Gasteiger partial charge is 0.495 e. The fourth-order valence-corrected chi connectivity index (χ4v) is 21.8. The van der Waals surface area contributed by atoms with Gasteiger partial charge in [0, 0.05) is 27.8 Å². The molecule has 1 saturated heterocycles. The molecule has 18 aromatic rings. The average molecular weight is 1590 g/mol. The SMILES string of the molecule is CC1(C)OB(c2cccc3c2C2(c4ccccc4-c4ccccc42)c2ccccc2C32c3ccccc3-c3ccccc32)OC1(C)C.Clc1nc(-c2ccccc2)nc(-c2ccccc2)n1.c1ccc(-c2nc(-c3ccccc3)nc(-c3cccc4c3C3(c5ccccc5-c5ccccc53)c3ccccc3C43c4ccccc4-c4ccccc43)n2)cc1. The summed E-state index contributed by atoms with van der Waals surface area (Å²) < 4.78 is 13.9. The van der Waals surface area contributed by atoms with Crippen LogP contribution in [0.5, 0.6) is 0 Å². The van der Waals surface area contributed by atoms with Gasteiger partial charge in [-0.3, -0.25) is 0 Å². The van der Waals surface area contributed by atoms with E-state index in [0.717, 1.165) is 33.3 Å². The third-order valence-corrected chi connectivity index (χ3v) is 27.3. The molecule has 2 aromatic heterocycles. The van der Waals surface area contributed by atoms with Gasteiger partial charge in [-0.25, -0.2) is 19.9 Å². The van der Waals surface area contributed by atoms with Crippen molar-refractivity contribution in [2.75, 3.05) is 0 Å². The van der Waals surface area contributed by atoms with E-state index in [9.17, 15) is 0 Å². The fraction of sp³-hybridized carbons (Fsp3) is 0.0893. The molecule has 25 rings (SSSR count). The minimum atomic E-state index is -0.667. The molecule has 10 heteroatoms. The van der Waals surface area contributed by atoms with Crippen LogP contribution in [-0.2, 0) is 31.0 Å². The number of aromatic nitrogens is 6. The molecule has 0 amide bonds. The molecule has 1 aliphatic heterocycles. The molecule has 0 saturated carbocycles. The van der Waals surface area contributed by atoms with Crippen molar-refractivity contribution in [3.63, 3.8) is 0 Å². The van der Waals surface area contributed by atoms with Crippen molar-refractivity contribution in [1.29, 1.82) is 0 Å². The van der Waals surface area contributed by atoms with Crippen molar-refractivity contribution >= 4 is 24.2 Å². The lowest BCUT2D eigenvalue weighted by Crippen LogP contribution is -2.50. The average Bonchev–Trinajstić information content (AvgIpc) is 1.45. The molecular weight excluding hydrogens is 1510 g/mol. The van der Waals surface area contributed by atoms with Gasteiger partial charge in [0.25, 0.3) is 0 Å². The molecule has 122 heavy (non-hydrogen) atoms. The quantitative estimate of drug-likeness (QED) is 0.152. The zero-order valence-corrected chi connectivity index (χ0v) is 68.3. The Bertz CT molecular complexity index is 6960. The van der Waals surface area contributed by atoms with E-state index >= 15 is 0 Å². The lowest BCUT2D eigenvalue weighted by atomic mass is 9.49. The highest BCUT2D eigenvalue weighted by Gasteiger charge is 2.64. The summed E-state index contributed by atoms with van der Waals surface area (Å²) in [6.45, 7) is 8.61. The van der Waals surface area contributed by atoms with Crippen molar-refractivity contribution in [1.82, 2.24) is 29.9 Å². The molecule has 0 unspecified atom stereocenters. The second-order valence-corrected chi connectivity index (χ2v) is 33.9. The molecule has 1 fully saturated rings. The van der Waals surface area contributed by atoms with E-state index in [4.69, 9.17) is 35.9 Å². The van der Waals surface area contributed by atoms with Crippen LogP contribution in [0.15, 0.2) is 400 Å². The molecular formula is C112H78BClN6O2. The Hall–Kier alpha value is -14.2. The zero-order chi connectivity index (χ0) is 81.7. The summed E-state index contributed by atoms with van der Waals surface area (Å²) in [6, 6.07) is 144. The van der Waals surface area contributed by atoms with E-state index in [1.165, 1.54) is 134 Å². The lowest BCUT2D eigenvalue weighted by molar-refractivity contribution is 0.00578. The van der Waals surface area contributed by atoms with E-state index in [1.54, 1.807) is 0 Å². The Balaban J connectivity index is 0.000000118. The summed E-state index contributed by atoms with van der Waals surface area (Å²) in [6.07, 6.45) is 0. The summed E-state index contributed by atoms with van der Waals surface area (Å²) in [5.74, 6) is 3.12. The second kappa shape index (κ2) is 28.0. The standard InChI is InChI=1S/C53H33N3.C44H35BO2.C15H10ClN3/c1-3-18-34(19-4-1)49-54-50(35-20-5-2-6-21-35)56-51(55-49)40-26-17-33-47-48(40)53(43-29-13-9-24-38(43)39-25-10-14-30-44(39)53)46-32-16-15-31-45(46)52(47)41-27-11-7-22-36(41)37-23-8-12-28-42(37)52;1-41(2)42(3,4)47-45(46-41)39-27-15-26-38-40(39)44(34-22-11-7-18-30(34)31-19-8-12-23-35(31)44)37-25-14-13-24-36(37)43(38)32-20-9-5-16-28(32)29-17-6-10-21-33(29)43;16-15-18-13(11-7-3-1-4-8-11)17-14(19-15)12-9-5-2-6-10-12/h1-33H;5-27H,1-4H3;1-10H. The van der Waals surface area contributed by atoms with Gasteiger partial charge in [0.1, 0.15) is 0 Å². The Morgan fingerprint density at radius 2 is 0.410 bits per heavy atom. The van der Waals surface area contributed by atoms with Gasteiger partial charge in [-0.05, 0) is 178 Å². The minimum Gasteiger partial charge on any atom is -0.399 e. The molecule has 0 N–H and O–H groups in total. The first-order chi connectivity index (χ1) is 59.9. The Kier molecular flexibility index (Phi) is 16.7. The van der Waals surface area contributed by atoms with Crippen LogP contribution in [0.25, 0.3) is 101 Å². The van der Waals surface area contributed by atoms with Gasteiger partial charge in [0.05, 0.1) is 32.9 Å². The molecule has 0 bridgehead atoms. The molecule has 0 atom stereocenters. The third-order valence-electron chi connectivity index (χ3n) is 27.1. The number of halogens is 1. The number of hydrogen-bond acceptors (Lipinski definition) is 8. The molecule has 6 aliphatic carbocycles. The highest BCUT2D eigenvalue weighted by Crippen LogP contribution is 2.71.